The molecule has 3 rings (SSSR count). The van der Waals surface area contributed by atoms with Gasteiger partial charge in [0.2, 0.25) is 0 Å². The van der Waals surface area contributed by atoms with Crippen LogP contribution in [0.25, 0.3) is 0 Å². The van der Waals surface area contributed by atoms with E-state index in [1.165, 1.54) is 7.11 Å². The van der Waals surface area contributed by atoms with Crippen molar-refractivity contribution in [3.8, 4) is 11.5 Å². The molecule has 1 fully saturated rings. The molecule has 1 aliphatic rings. The van der Waals surface area contributed by atoms with Gasteiger partial charge in [-0.25, -0.2) is 0 Å². The lowest BCUT2D eigenvalue weighted by Crippen LogP contribution is -2.37. The molecule has 2 aromatic rings. The van der Waals surface area contributed by atoms with Crippen molar-refractivity contribution < 1.29 is 19.0 Å². The number of ether oxygens (including phenoxy) is 3. The number of hydrogen-bond donors (Lipinski definition) is 1. The van der Waals surface area contributed by atoms with Crippen molar-refractivity contribution >= 4 is 17.7 Å². The van der Waals surface area contributed by atoms with Gasteiger partial charge in [-0.05, 0) is 12.1 Å². The van der Waals surface area contributed by atoms with Gasteiger partial charge in [-0.2, -0.15) is 0 Å². The number of rotatable bonds is 10. The van der Waals surface area contributed by atoms with Crippen molar-refractivity contribution in [2.45, 2.75) is 11.6 Å². The van der Waals surface area contributed by atoms with Crippen molar-refractivity contribution in [3.05, 3.63) is 29.6 Å². The van der Waals surface area contributed by atoms with Crippen LogP contribution in [0.15, 0.2) is 23.4 Å². The molecular formula is C20H29N5O4S. The minimum absolute atomic E-state index is 0.197. The quantitative estimate of drug-likeness (QED) is 0.558. The average molecular weight is 436 g/mol. The van der Waals surface area contributed by atoms with E-state index in [1.807, 2.05) is 11.6 Å². The van der Waals surface area contributed by atoms with E-state index in [0.29, 0.717) is 30.0 Å². The molecule has 9 nitrogen and oxygen atoms in total. The summed E-state index contributed by atoms with van der Waals surface area (Å²) < 4.78 is 17.8. The number of benzene rings is 1. The zero-order chi connectivity index (χ0) is 21.3. The zero-order valence-electron chi connectivity index (χ0n) is 17.7. The molecule has 0 atom stereocenters. The molecule has 10 heteroatoms. The summed E-state index contributed by atoms with van der Waals surface area (Å²) in [6, 6.07) is 5.12. The summed E-state index contributed by atoms with van der Waals surface area (Å²) in [6.45, 7) is 5.07. The molecule has 0 aliphatic carbocycles. The van der Waals surface area contributed by atoms with Gasteiger partial charge in [0.1, 0.15) is 17.3 Å². The fourth-order valence-electron chi connectivity index (χ4n) is 3.15. The number of carbonyl (C=O) groups excluding carboxylic acids is 1. The topological polar surface area (TPSA) is 90.7 Å². The second-order valence-corrected chi connectivity index (χ2v) is 7.89. The monoisotopic (exact) mass is 435 g/mol. The first-order valence-electron chi connectivity index (χ1n) is 9.93. The van der Waals surface area contributed by atoms with Gasteiger partial charge >= 0.3 is 0 Å². The lowest BCUT2D eigenvalue weighted by molar-refractivity contribution is 0.0410. The summed E-state index contributed by atoms with van der Waals surface area (Å²) >= 11 is 1.70. The van der Waals surface area contributed by atoms with Crippen LogP contribution in [0.2, 0.25) is 0 Å². The highest BCUT2D eigenvalue weighted by atomic mass is 32.2. The van der Waals surface area contributed by atoms with Crippen LogP contribution in [0, 0.1) is 0 Å². The van der Waals surface area contributed by atoms with E-state index >= 15 is 0 Å². The Balaban J connectivity index is 1.46. The van der Waals surface area contributed by atoms with E-state index in [9.17, 15) is 4.79 Å². The maximum absolute atomic E-state index is 12.5. The molecule has 1 aliphatic heterocycles. The summed E-state index contributed by atoms with van der Waals surface area (Å²) in [5, 5.41) is 12.4. The third kappa shape index (κ3) is 5.87. The number of thioether (sulfide) groups is 1. The summed E-state index contributed by atoms with van der Waals surface area (Å²) in [5.74, 6) is 2.72. The van der Waals surface area contributed by atoms with Gasteiger partial charge in [0, 0.05) is 51.5 Å². The van der Waals surface area contributed by atoms with Gasteiger partial charge in [0.25, 0.3) is 5.91 Å². The SMILES string of the molecule is COc1ccc(C(=O)NCCc2nnc(SCCN3CCOCC3)n2C)c(OC)c1. The number of aromatic nitrogens is 3. The third-order valence-electron chi connectivity index (χ3n) is 4.95. The first kappa shape index (κ1) is 22.4. The Labute approximate surface area is 181 Å². The zero-order valence-corrected chi connectivity index (χ0v) is 18.5. The number of nitrogens with zero attached hydrogens (tertiary/aromatic N) is 4. The molecule has 1 aromatic heterocycles. The second kappa shape index (κ2) is 11.2. The smallest absolute Gasteiger partial charge is 0.255 e. The number of nitrogens with one attached hydrogen (secondary N) is 1. The first-order chi connectivity index (χ1) is 14.6. The van der Waals surface area contributed by atoms with Crippen LogP contribution in [0.4, 0.5) is 0 Å². The van der Waals surface area contributed by atoms with Crippen LogP contribution in [-0.4, -0.2) is 84.9 Å². The average Bonchev–Trinajstić information content (AvgIpc) is 3.13. The van der Waals surface area contributed by atoms with Crippen LogP contribution in [-0.2, 0) is 18.2 Å². The molecule has 0 unspecified atom stereocenters. The van der Waals surface area contributed by atoms with Gasteiger partial charge in [-0.3, -0.25) is 9.69 Å². The van der Waals surface area contributed by atoms with E-state index in [4.69, 9.17) is 14.2 Å². The minimum Gasteiger partial charge on any atom is -0.497 e. The lowest BCUT2D eigenvalue weighted by atomic mass is 10.1. The number of hydrogen-bond acceptors (Lipinski definition) is 8. The second-order valence-electron chi connectivity index (χ2n) is 6.83. The lowest BCUT2D eigenvalue weighted by Gasteiger charge is -2.26. The first-order valence-corrected chi connectivity index (χ1v) is 10.9. The Kier molecular flexibility index (Phi) is 8.35. The number of methoxy groups -OCH3 is 2. The molecule has 0 radical (unpaired) electrons. The fraction of sp³-hybridized carbons (Fsp3) is 0.550. The van der Waals surface area contributed by atoms with Crippen LogP contribution in [0.3, 0.4) is 0 Å². The predicted molar refractivity (Wildman–Crippen MR) is 115 cm³/mol. The maximum Gasteiger partial charge on any atom is 0.255 e. The summed E-state index contributed by atoms with van der Waals surface area (Å²) in [7, 11) is 5.06. The highest BCUT2D eigenvalue weighted by Crippen LogP contribution is 2.24. The van der Waals surface area contributed by atoms with E-state index in [0.717, 1.165) is 49.6 Å². The molecule has 1 N–H and O–H groups in total. The number of morpholine rings is 1. The third-order valence-corrected chi connectivity index (χ3v) is 5.96. The van der Waals surface area contributed by atoms with E-state index in [2.05, 4.69) is 20.4 Å². The molecule has 1 amide bonds. The molecule has 0 spiro atoms. The van der Waals surface area contributed by atoms with Crippen molar-refractivity contribution in [1.82, 2.24) is 25.0 Å². The van der Waals surface area contributed by atoms with Crippen molar-refractivity contribution in [1.29, 1.82) is 0 Å². The predicted octanol–water partition coefficient (Wildman–Crippen LogP) is 1.23. The number of carbonyl (C=O) groups is 1. The Morgan fingerprint density at radius 3 is 2.77 bits per heavy atom. The molecule has 1 aromatic carbocycles. The van der Waals surface area contributed by atoms with Gasteiger partial charge in [0.15, 0.2) is 5.16 Å². The molecule has 0 saturated carbocycles. The Morgan fingerprint density at radius 1 is 1.23 bits per heavy atom. The Hall–Kier alpha value is -2.30. The van der Waals surface area contributed by atoms with E-state index in [1.54, 1.807) is 37.1 Å². The normalized spacial score (nSPS) is 14.5. The van der Waals surface area contributed by atoms with Crippen molar-refractivity contribution in [2.24, 2.45) is 7.05 Å². The molecule has 164 valence electrons. The van der Waals surface area contributed by atoms with Gasteiger partial charge in [-0.15, -0.1) is 10.2 Å². The summed E-state index contributed by atoms with van der Waals surface area (Å²) in [5.41, 5.74) is 0.468. The van der Waals surface area contributed by atoms with Crippen LogP contribution in [0.5, 0.6) is 11.5 Å². The standard InChI is InChI=1S/C20H29N5O4S/c1-24-18(22-23-20(24)30-13-10-25-8-11-29-12-9-25)6-7-21-19(26)16-5-4-15(27-2)14-17(16)28-3/h4-5,14H,6-13H2,1-3H3,(H,21,26). The largest absolute Gasteiger partial charge is 0.497 e. The number of amides is 1. The Bertz CT molecular complexity index is 839. The highest BCUT2D eigenvalue weighted by Gasteiger charge is 2.15. The van der Waals surface area contributed by atoms with Crippen molar-refractivity contribution in [2.75, 3.05) is 59.4 Å². The molecule has 1 saturated heterocycles. The van der Waals surface area contributed by atoms with Crippen LogP contribution < -0.4 is 14.8 Å². The molecular weight excluding hydrogens is 406 g/mol. The summed E-state index contributed by atoms with van der Waals surface area (Å²) in [6.07, 6.45) is 0.595. The molecule has 2 heterocycles. The van der Waals surface area contributed by atoms with Crippen LogP contribution in [0.1, 0.15) is 16.2 Å². The highest BCUT2D eigenvalue weighted by molar-refractivity contribution is 7.99. The van der Waals surface area contributed by atoms with Gasteiger partial charge in [-0.1, -0.05) is 11.8 Å². The summed E-state index contributed by atoms with van der Waals surface area (Å²) in [4.78, 5) is 14.9. The molecule has 0 bridgehead atoms. The fourth-order valence-corrected chi connectivity index (χ4v) is 4.08. The maximum atomic E-state index is 12.5. The van der Waals surface area contributed by atoms with Gasteiger partial charge < -0.3 is 24.1 Å². The Morgan fingerprint density at radius 2 is 2.03 bits per heavy atom. The van der Waals surface area contributed by atoms with E-state index < -0.39 is 0 Å². The van der Waals surface area contributed by atoms with Gasteiger partial charge in [0.05, 0.1) is 33.0 Å². The minimum atomic E-state index is -0.197. The van der Waals surface area contributed by atoms with Crippen molar-refractivity contribution in [3.63, 3.8) is 0 Å². The van der Waals surface area contributed by atoms with E-state index in [-0.39, 0.29) is 5.91 Å². The van der Waals surface area contributed by atoms with Crippen LogP contribution >= 0.6 is 11.8 Å². The molecule has 30 heavy (non-hydrogen) atoms.